The molecule has 7 nitrogen and oxygen atoms in total. The maximum Gasteiger partial charge on any atom is 0.387 e. The third-order valence-corrected chi connectivity index (χ3v) is 5.75. The second-order valence-electron chi connectivity index (χ2n) is 6.33. The van der Waals surface area contributed by atoms with Crippen LogP contribution in [0.5, 0.6) is 11.5 Å². The molecule has 0 aromatic heterocycles. The molecule has 0 fully saturated rings. The van der Waals surface area contributed by atoms with Gasteiger partial charge in [-0.25, -0.2) is 8.42 Å². The van der Waals surface area contributed by atoms with Gasteiger partial charge in [-0.3, -0.25) is 9.52 Å². The first-order valence-corrected chi connectivity index (χ1v) is 10.9. The molecule has 1 amide bonds. The molecule has 0 aliphatic carbocycles. The molecular weight excluding hydrogens is 466 g/mol. The summed E-state index contributed by atoms with van der Waals surface area (Å²) in [6.45, 7) is -2.96. The van der Waals surface area contributed by atoms with Gasteiger partial charge < -0.3 is 14.8 Å². The van der Waals surface area contributed by atoms with Crippen LogP contribution < -0.4 is 19.5 Å². The van der Waals surface area contributed by atoms with Crippen LogP contribution in [0, 0.1) is 0 Å². The number of alkyl halides is 2. The summed E-state index contributed by atoms with van der Waals surface area (Å²) in [5, 5.41) is 2.87. The highest BCUT2D eigenvalue weighted by Gasteiger charge is 2.19. The molecule has 0 unspecified atom stereocenters. The van der Waals surface area contributed by atoms with Crippen molar-refractivity contribution >= 4 is 38.9 Å². The molecule has 0 saturated heterocycles. The SMILES string of the molecule is COc1ccc(Cl)cc1NS(=O)(=O)c1cccc(C(=O)Nc2ccc(OC(F)F)cc2)c1. The summed E-state index contributed by atoms with van der Waals surface area (Å²) in [5.74, 6) is -0.385. The van der Waals surface area contributed by atoms with Crippen molar-refractivity contribution in [2.24, 2.45) is 0 Å². The Kier molecular flexibility index (Phi) is 7.16. The predicted molar refractivity (Wildman–Crippen MR) is 116 cm³/mol. The second-order valence-corrected chi connectivity index (χ2v) is 8.45. The lowest BCUT2D eigenvalue weighted by atomic mass is 10.2. The molecule has 11 heteroatoms. The van der Waals surface area contributed by atoms with Crippen LogP contribution >= 0.6 is 11.6 Å². The van der Waals surface area contributed by atoms with Crippen LogP contribution in [-0.2, 0) is 10.0 Å². The summed E-state index contributed by atoms with van der Waals surface area (Å²) in [5.41, 5.74) is 0.520. The number of ether oxygens (including phenoxy) is 2. The number of benzene rings is 3. The molecule has 3 aromatic rings. The molecule has 0 radical (unpaired) electrons. The van der Waals surface area contributed by atoms with Crippen LogP contribution in [0.2, 0.25) is 5.02 Å². The Hall–Kier alpha value is -3.37. The van der Waals surface area contributed by atoms with E-state index in [1.54, 1.807) is 6.07 Å². The lowest BCUT2D eigenvalue weighted by Gasteiger charge is -2.13. The minimum atomic E-state index is -4.06. The molecule has 2 N–H and O–H groups in total. The summed E-state index contributed by atoms with van der Waals surface area (Å²) in [6.07, 6.45) is 0. The summed E-state index contributed by atoms with van der Waals surface area (Å²) >= 11 is 5.94. The van der Waals surface area contributed by atoms with Crippen molar-refractivity contribution < 1.29 is 31.5 Å². The molecular formula is C21H17ClF2N2O5S. The van der Waals surface area contributed by atoms with E-state index in [2.05, 4.69) is 14.8 Å². The van der Waals surface area contributed by atoms with Crippen LogP contribution in [-0.4, -0.2) is 28.0 Å². The van der Waals surface area contributed by atoms with Crippen LogP contribution in [0.3, 0.4) is 0 Å². The van der Waals surface area contributed by atoms with Gasteiger partial charge in [0, 0.05) is 16.3 Å². The fraction of sp³-hybridized carbons (Fsp3) is 0.0952. The van der Waals surface area contributed by atoms with Crippen LogP contribution in [0.15, 0.2) is 71.6 Å². The molecule has 0 aliphatic heterocycles. The average Bonchev–Trinajstić information content (AvgIpc) is 2.75. The van der Waals surface area contributed by atoms with Crippen molar-refractivity contribution in [2.75, 3.05) is 17.1 Å². The smallest absolute Gasteiger partial charge is 0.387 e. The van der Waals surface area contributed by atoms with E-state index >= 15 is 0 Å². The van der Waals surface area contributed by atoms with E-state index in [1.807, 2.05) is 0 Å². The van der Waals surface area contributed by atoms with Gasteiger partial charge in [0.25, 0.3) is 15.9 Å². The summed E-state index contributed by atoms with van der Waals surface area (Å²) in [6, 6.07) is 15.1. The quantitative estimate of drug-likeness (QED) is 0.471. The number of carbonyl (C=O) groups excluding carboxylic acids is 1. The Bertz CT molecular complexity index is 1220. The Morgan fingerprint density at radius 1 is 1.03 bits per heavy atom. The number of hydrogen-bond donors (Lipinski definition) is 2. The van der Waals surface area contributed by atoms with E-state index in [1.165, 1.54) is 67.8 Å². The van der Waals surface area contributed by atoms with Gasteiger partial charge in [-0.05, 0) is 60.7 Å². The number of nitrogens with one attached hydrogen (secondary N) is 2. The van der Waals surface area contributed by atoms with Crippen molar-refractivity contribution in [2.45, 2.75) is 11.5 Å². The van der Waals surface area contributed by atoms with Crippen molar-refractivity contribution in [1.82, 2.24) is 0 Å². The number of carbonyl (C=O) groups is 1. The van der Waals surface area contributed by atoms with E-state index in [4.69, 9.17) is 16.3 Å². The van der Waals surface area contributed by atoms with Gasteiger partial charge in [0.05, 0.1) is 17.7 Å². The van der Waals surface area contributed by atoms with E-state index in [-0.39, 0.29) is 27.6 Å². The third-order valence-electron chi connectivity index (χ3n) is 4.15. The van der Waals surface area contributed by atoms with Gasteiger partial charge in [0.15, 0.2) is 0 Å². The first-order valence-electron chi connectivity index (χ1n) is 9.00. The molecule has 0 saturated carbocycles. The number of anilines is 2. The van der Waals surface area contributed by atoms with E-state index in [0.717, 1.165) is 0 Å². The normalized spacial score (nSPS) is 11.2. The maximum atomic E-state index is 12.8. The Labute approximate surface area is 188 Å². The van der Waals surface area contributed by atoms with Crippen LogP contribution in [0.4, 0.5) is 20.2 Å². The summed E-state index contributed by atoms with van der Waals surface area (Å²) < 4.78 is 61.9. The first-order chi connectivity index (χ1) is 15.2. The fourth-order valence-electron chi connectivity index (χ4n) is 2.69. The molecule has 3 aromatic carbocycles. The Morgan fingerprint density at radius 2 is 1.75 bits per heavy atom. The lowest BCUT2D eigenvalue weighted by Crippen LogP contribution is -2.16. The van der Waals surface area contributed by atoms with Crippen LogP contribution in [0.25, 0.3) is 0 Å². The first kappa shape index (κ1) is 23.3. The number of halogens is 3. The minimum Gasteiger partial charge on any atom is -0.495 e. The number of amides is 1. The number of hydrogen-bond acceptors (Lipinski definition) is 5. The zero-order valence-electron chi connectivity index (χ0n) is 16.5. The Balaban J connectivity index is 1.78. The third kappa shape index (κ3) is 5.86. The molecule has 0 spiro atoms. The highest BCUT2D eigenvalue weighted by molar-refractivity contribution is 7.92. The van der Waals surface area contributed by atoms with E-state index in [9.17, 15) is 22.0 Å². The summed E-state index contributed by atoms with van der Waals surface area (Å²) in [7, 11) is -2.68. The number of rotatable bonds is 8. The predicted octanol–water partition coefficient (Wildman–Crippen LogP) is 5.00. The molecule has 0 atom stereocenters. The molecule has 3 rings (SSSR count). The largest absolute Gasteiger partial charge is 0.495 e. The molecule has 0 heterocycles. The Morgan fingerprint density at radius 3 is 2.41 bits per heavy atom. The highest BCUT2D eigenvalue weighted by atomic mass is 35.5. The van der Waals surface area contributed by atoms with E-state index in [0.29, 0.717) is 10.7 Å². The van der Waals surface area contributed by atoms with Gasteiger partial charge >= 0.3 is 6.61 Å². The van der Waals surface area contributed by atoms with E-state index < -0.39 is 22.5 Å². The standard InChI is InChI=1S/C21H17ClF2N2O5S/c1-30-19-10-5-14(22)12-18(19)26-32(28,29)17-4-2-3-13(11-17)20(27)25-15-6-8-16(9-7-15)31-21(23)24/h2-12,21,26H,1H3,(H,25,27). The lowest BCUT2D eigenvalue weighted by molar-refractivity contribution is -0.0498. The average molecular weight is 483 g/mol. The van der Waals surface area contributed by atoms with Gasteiger partial charge in [0.1, 0.15) is 11.5 Å². The van der Waals surface area contributed by atoms with Gasteiger partial charge in [-0.2, -0.15) is 8.78 Å². The molecule has 32 heavy (non-hydrogen) atoms. The van der Waals surface area contributed by atoms with Gasteiger partial charge in [0.2, 0.25) is 0 Å². The minimum absolute atomic E-state index is 0.0615. The molecule has 0 bridgehead atoms. The number of sulfonamides is 1. The van der Waals surface area contributed by atoms with Gasteiger partial charge in [-0.1, -0.05) is 17.7 Å². The van der Waals surface area contributed by atoms with Gasteiger partial charge in [-0.15, -0.1) is 0 Å². The molecule has 168 valence electrons. The highest BCUT2D eigenvalue weighted by Crippen LogP contribution is 2.30. The van der Waals surface area contributed by atoms with Crippen molar-refractivity contribution in [3.63, 3.8) is 0 Å². The monoisotopic (exact) mass is 482 g/mol. The zero-order valence-corrected chi connectivity index (χ0v) is 18.1. The summed E-state index contributed by atoms with van der Waals surface area (Å²) in [4.78, 5) is 12.4. The van der Waals surface area contributed by atoms with Crippen molar-refractivity contribution in [3.05, 3.63) is 77.3 Å². The second kappa shape index (κ2) is 9.84. The van der Waals surface area contributed by atoms with Crippen molar-refractivity contribution in [3.8, 4) is 11.5 Å². The maximum absolute atomic E-state index is 12.8. The molecule has 0 aliphatic rings. The van der Waals surface area contributed by atoms with Crippen LogP contribution in [0.1, 0.15) is 10.4 Å². The fourth-order valence-corrected chi connectivity index (χ4v) is 3.97. The topological polar surface area (TPSA) is 93.7 Å². The number of methoxy groups -OCH3 is 1. The zero-order chi connectivity index (χ0) is 23.3. The van der Waals surface area contributed by atoms with Crippen molar-refractivity contribution in [1.29, 1.82) is 0 Å².